The van der Waals surface area contributed by atoms with Crippen LogP contribution in [0.3, 0.4) is 0 Å². The number of hydrogen-bond acceptors (Lipinski definition) is 10. The van der Waals surface area contributed by atoms with Crippen molar-refractivity contribution in [2.45, 2.75) is 25.9 Å². The van der Waals surface area contributed by atoms with Crippen molar-refractivity contribution in [3.05, 3.63) is 41.6 Å². The Morgan fingerprint density at radius 1 is 1.38 bits per heavy atom. The van der Waals surface area contributed by atoms with Crippen molar-refractivity contribution >= 4 is 42.0 Å². The van der Waals surface area contributed by atoms with Gasteiger partial charge in [-0.15, -0.1) is 0 Å². The average Bonchev–Trinajstić information content (AvgIpc) is 3.56. The summed E-state index contributed by atoms with van der Waals surface area (Å²) in [4.78, 5) is 50.8. The van der Waals surface area contributed by atoms with Crippen molar-refractivity contribution in [1.29, 1.82) is 0 Å². The summed E-state index contributed by atoms with van der Waals surface area (Å²) in [7, 11) is 1.50. The number of ether oxygens (including phenoxy) is 3. The summed E-state index contributed by atoms with van der Waals surface area (Å²) in [6.45, 7) is 6.54. The molecule has 3 heterocycles. The summed E-state index contributed by atoms with van der Waals surface area (Å²) in [5.74, 6) is 0.769. The molecule has 1 fully saturated rings. The number of allylic oxidation sites excluding steroid dienone is 2. The number of esters is 1. The van der Waals surface area contributed by atoms with E-state index in [-0.39, 0.29) is 37.4 Å². The second-order valence-corrected chi connectivity index (χ2v) is 8.27. The van der Waals surface area contributed by atoms with Crippen LogP contribution in [0.5, 0.6) is 11.5 Å². The monoisotopic (exact) mass is 508 g/mol. The van der Waals surface area contributed by atoms with E-state index in [0.717, 1.165) is 5.56 Å². The Bertz CT molecular complexity index is 1230. The number of cyclic esters (lactones) is 1. The number of nitrogens with one attached hydrogen (secondary N) is 2. The van der Waals surface area contributed by atoms with E-state index in [2.05, 4.69) is 32.3 Å². The van der Waals surface area contributed by atoms with Gasteiger partial charge in [0, 0.05) is 36.7 Å². The number of rotatable bonds is 9. The van der Waals surface area contributed by atoms with Gasteiger partial charge in [0.25, 0.3) is 11.8 Å². The summed E-state index contributed by atoms with van der Waals surface area (Å²) in [5, 5.41) is 5.55. The lowest BCUT2D eigenvalue weighted by Crippen LogP contribution is -2.47. The molecule has 4 rings (SSSR count). The smallest absolute Gasteiger partial charge is 0.306 e. The third-order valence-corrected chi connectivity index (χ3v) is 5.81. The number of carbonyl (C=O) groups is 3. The molecule has 0 aromatic heterocycles. The highest BCUT2D eigenvalue weighted by atomic mass is 16.6. The Hall–Kier alpha value is -4.48. The number of nitrogens with zero attached hydrogens (tertiary/aromatic N) is 4. The third-order valence-electron chi connectivity index (χ3n) is 5.81. The molecule has 3 aliphatic heterocycles. The van der Waals surface area contributed by atoms with Gasteiger partial charge in [-0.05, 0) is 31.9 Å². The lowest BCUT2D eigenvalue weighted by Gasteiger charge is -2.28. The molecule has 12 heteroatoms. The molecule has 37 heavy (non-hydrogen) atoms. The van der Waals surface area contributed by atoms with Gasteiger partial charge in [-0.2, -0.15) is 0 Å². The van der Waals surface area contributed by atoms with Crippen LogP contribution in [-0.2, 0) is 19.1 Å². The largest absolute Gasteiger partial charge is 0.491 e. The summed E-state index contributed by atoms with van der Waals surface area (Å²) in [5.41, 5.74) is 1.69. The van der Waals surface area contributed by atoms with Gasteiger partial charge in [0.05, 0.1) is 20.2 Å². The highest BCUT2D eigenvalue weighted by Crippen LogP contribution is 2.43. The van der Waals surface area contributed by atoms with E-state index in [9.17, 15) is 14.4 Å². The maximum absolute atomic E-state index is 12.7. The third kappa shape index (κ3) is 5.68. The van der Waals surface area contributed by atoms with Crippen molar-refractivity contribution in [1.82, 2.24) is 15.5 Å². The Labute approximate surface area is 213 Å². The molecule has 0 spiro atoms. The first-order valence-electron chi connectivity index (χ1n) is 11.8. The molecule has 0 radical (unpaired) electrons. The first-order valence-corrected chi connectivity index (χ1v) is 11.8. The number of benzene rings is 1. The number of carbonyl (C=O) groups excluding carboxylic acids is 3. The van der Waals surface area contributed by atoms with Crippen LogP contribution in [0.15, 0.2) is 51.0 Å². The Kier molecular flexibility index (Phi) is 7.96. The number of amides is 2. The first kappa shape index (κ1) is 25.6. The van der Waals surface area contributed by atoms with Gasteiger partial charge in [0.2, 0.25) is 5.96 Å². The average molecular weight is 509 g/mol. The van der Waals surface area contributed by atoms with Crippen LogP contribution in [0.2, 0.25) is 0 Å². The number of guanidine groups is 1. The maximum Gasteiger partial charge on any atom is 0.306 e. The number of hydrogen-bond donors (Lipinski definition) is 2. The Morgan fingerprint density at radius 2 is 2.22 bits per heavy atom. The second kappa shape index (κ2) is 11.5. The number of amidine groups is 1. The lowest BCUT2D eigenvalue weighted by atomic mass is 10.1. The van der Waals surface area contributed by atoms with Crippen molar-refractivity contribution in [3.63, 3.8) is 0 Å². The minimum Gasteiger partial charge on any atom is -0.491 e. The second-order valence-electron chi connectivity index (χ2n) is 8.27. The van der Waals surface area contributed by atoms with Crippen LogP contribution < -0.4 is 20.1 Å². The summed E-state index contributed by atoms with van der Waals surface area (Å²) >= 11 is 0. The standard InChI is InChI=1S/C25H28N6O6/c1-15(5-4-10-26-2)23(33)30-25-29-20-16(22-27-11-13-31(22)25)6-7-17(21(20)35-3)36-14-12-28-24(34)18-8-9-19(32)37-18/h4-7,10,18H,2,8-9,11-14H2,1,3H3,(H,28,34)(H,29,30,33)/b10-4-,15-5+/t18-/m0/s1. The number of aliphatic imine (C=N–C) groups is 3. The van der Waals surface area contributed by atoms with E-state index in [4.69, 9.17) is 14.2 Å². The molecule has 2 amide bonds. The van der Waals surface area contributed by atoms with E-state index in [1.807, 2.05) is 11.0 Å². The van der Waals surface area contributed by atoms with Gasteiger partial charge in [0.15, 0.2) is 17.6 Å². The fraction of sp³-hybridized carbons (Fsp3) is 0.360. The molecule has 3 aliphatic rings. The van der Waals surface area contributed by atoms with E-state index in [1.165, 1.54) is 13.3 Å². The van der Waals surface area contributed by atoms with Gasteiger partial charge in [0.1, 0.15) is 18.1 Å². The molecule has 2 N–H and O–H groups in total. The van der Waals surface area contributed by atoms with Crippen LogP contribution in [0.1, 0.15) is 25.3 Å². The molecule has 1 saturated heterocycles. The first-order chi connectivity index (χ1) is 17.9. The van der Waals surface area contributed by atoms with Crippen LogP contribution in [0.4, 0.5) is 5.69 Å². The molecule has 194 valence electrons. The van der Waals surface area contributed by atoms with Gasteiger partial charge in [-0.1, -0.05) is 6.08 Å². The zero-order valence-electron chi connectivity index (χ0n) is 20.7. The highest BCUT2D eigenvalue weighted by molar-refractivity contribution is 6.20. The predicted molar refractivity (Wildman–Crippen MR) is 136 cm³/mol. The van der Waals surface area contributed by atoms with E-state index in [0.29, 0.717) is 54.1 Å². The normalized spacial score (nSPS) is 18.4. The Morgan fingerprint density at radius 3 is 2.95 bits per heavy atom. The van der Waals surface area contributed by atoms with Gasteiger partial charge < -0.3 is 19.5 Å². The summed E-state index contributed by atoms with van der Waals surface area (Å²) in [6, 6.07) is 3.59. The SMILES string of the molecule is C=N/C=C\C=C(/C)C(=O)NC1=Nc2c(ccc(OCCNC(=O)[C@@H]3CCC(=O)O3)c2OC)C2=NCCN12. The van der Waals surface area contributed by atoms with Crippen molar-refractivity contribution in [3.8, 4) is 11.5 Å². The fourth-order valence-corrected chi connectivity index (χ4v) is 3.98. The lowest BCUT2D eigenvalue weighted by molar-refractivity contribution is -0.148. The van der Waals surface area contributed by atoms with Crippen LogP contribution in [0, 0.1) is 0 Å². The van der Waals surface area contributed by atoms with Crippen LogP contribution >= 0.6 is 0 Å². The zero-order chi connectivity index (χ0) is 26.4. The molecule has 0 saturated carbocycles. The molecular formula is C25H28N6O6. The van der Waals surface area contributed by atoms with Crippen LogP contribution in [-0.4, -0.2) is 80.7 Å². The van der Waals surface area contributed by atoms with Gasteiger partial charge in [-0.25, -0.2) is 4.99 Å². The van der Waals surface area contributed by atoms with Crippen molar-refractivity contribution in [2.24, 2.45) is 15.0 Å². The minimum absolute atomic E-state index is 0.152. The van der Waals surface area contributed by atoms with Gasteiger partial charge >= 0.3 is 5.97 Å². The molecular weight excluding hydrogens is 480 g/mol. The number of methoxy groups -OCH3 is 1. The Balaban J connectivity index is 1.49. The van der Waals surface area contributed by atoms with E-state index in [1.54, 1.807) is 25.1 Å². The maximum atomic E-state index is 12.7. The molecule has 0 bridgehead atoms. The zero-order valence-corrected chi connectivity index (χ0v) is 20.7. The molecule has 1 atom stereocenters. The molecule has 1 aromatic rings. The highest BCUT2D eigenvalue weighted by Gasteiger charge is 2.33. The molecule has 0 aliphatic carbocycles. The molecule has 1 aromatic carbocycles. The van der Waals surface area contributed by atoms with Crippen molar-refractivity contribution < 1.29 is 28.6 Å². The van der Waals surface area contributed by atoms with Crippen LogP contribution in [0.25, 0.3) is 0 Å². The summed E-state index contributed by atoms with van der Waals surface area (Å²) in [6.07, 6.45) is 4.60. The number of fused-ring (bicyclic) bond motifs is 3. The predicted octanol–water partition coefficient (Wildman–Crippen LogP) is 1.24. The minimum atomic E-state index is -0.753. The molecule has 12 nitrogen and oxygen atoms in total. The van der Waals surface area contributed by atoms with E-state index >= 15 is 0 Å². The fourth-order valence-electron chi connectivity index (χ4n) is 3.98. The quantitative estimate of drug-likeness (QED) is 0.168. The molecule has 0 unspecified atom stereocenters. The van der Waals surface area contributed by atoms with Gasteiger partial charge in [-0.3, -0.25) is 34.6 Å². The van der Waals surface area contributed by atoms with Crippen molar-refractivity contribution in [2.75, 3.05) is 33.4 Å². The topological polar surface area (TPSA) is 143 Å². The van der Waals surface area contributed by atoms with E-state index < -0.39 is 6.10 Å². The summed E-state index contributed by atoms with van der Waals surface area (Å²) < 4.78 is 16.5.